The van der Waals surface area contributed by atoms with Gasteiger partial charge in [-0.3, -0.25) is 4.79 Å². The van der Waals surface area contributed by atoms with E-state index in [9.17, 15) is 9.90 Å². The van der Waals surface area contributed by atoms with Gasteiger partial charge in [-0.1, -0.05) is 12.1 Å². The molecule has 0 spiro atoms. The molecule has 0 aliphatic heterocycles. The second-order valence-corrected chi connectivity index (χ2v) is 5.50. The molecule has 1 N–H and O–H groups in total. The zero-order valence-electron chi connectivity index (χ0n) is 10.5. The molecule has 0 unspecified atom stereocenters. The average Bonchev–Trinajstić information content (AvgIpc) is 2.98. The number of rotatable bonds is 3. The zero-order valence-corrected chi connectivity index (χ0v) is 10.5. The van der Waals surface area contributed by atoms with Gasteiger partial charge in [0.2, 0.25) is 0 Å². The zero-order chi connectivity index (χ0) is 12.7. The van der Waals surface area contributed by atoms with E-state index in [1.807, 2.05) is 24.3 Å². The summed E-state index contributed by atoms with van der Waals surface area (Å²) < 4.78 is 5.24. The van der Waals surface area contributed by atoms with E-state index in [0.717, 1.165) is 24.2 Å². The smallest absolute Gasteiger partial charge is 0.307 e. The Labute approximate surface area is 107 Å². The summed E-state index contributed by atoms with van der Waals surface area (Å²) in [6.45, 7) is 0. The topological polar surface area (TPSA) is 46.5 Å². The van der Waals surface area contributed by atoms with E-state index >= 15 is 0 Å². The first-order valence-electron chi connectivity index (χ1n) is 6.57. The number of fused-ring (bicyclic) bond motifs is 2. The van der Waals surface area contributed by atoms with Crippen LogP contribution in [0.4, 0.5) is 0 Å². The molecular weight excluding hydrogens is 228 g/mol. The predicted molar refractivity (Wildman–Crippen MR) is 67.7 cm³/mol. The number of methoxy groups -OCH3 is 1. The second kappa shape index (κ2) is 4.30. The minimum atomic E-state index is -0.630. The Kier molecular flexibility index (Phi) is 2.77. The van der Waals surface area contributed by atoms with E-state index < -0.39 is 5.97 Å². The molecule has 0 heterocycles. The van der Waals surface area contributed by atoms with E-state index in [4.69, 9.17) is 4.74 Å². The van der Waals surface area contributed by atoms with Crippen LogP contribution in [0.25, 0.3) is 0 Å². The van der Waals surface area contributed by atoms with Crippen molar-refractivity contribution in [3.05, 3.63) is 29.8 Å². The fourth-order valence-electron chi connectivity index (χ4n) is 3.98. The van der Waals surface area contributed by atoms with Crippen LogP contribution in [0.1, 0.15) is 30.7 Å². The van der Waals surface area contributed by atoms with Crippen molar-refractivity contribution in [2.45, 2.75) is 25.2 Å². The van der Waals surface area contributed by atoms with Crippen molar-refractivity contribution in [2.24, 2.45) is 17.8 Å². The number of benzene rings is 1. The number of carbonyl (C=O) groups is 1. The van der Waals surface area contributed by atoms with Crippen LogP contribution in [0.15, 0.2) is 24.3 Å². The van der Waals surface area contributed by atoms with Crippen LogP contribution >= 0.6 is 0 Å². The molecular formula is C15H18O3. The quantitative estimate of drug-likeness (QED) is 0.892. The van der Waals surface area contributed by atoms with Crippen LogP contribution in [0.5, 0.6) is 5.75 Å². The molecule has 2 fully saturated rings. The third kappa shape index (κ3) is 1.69. The standard InChI is InChI=1S/C15H18O3/c1-18-12-4-2-3-9(8-12)13-10-5-6-11(7-10)14(13)15(16)17/h2-4,8,10-11,13-14H,5-7H2,1H3,(H,16,17)/t10-,11+,13+,14+/m0/s1. The highest BCUT2D eigenvalue weighted by Gasteiger charge is 2.51. The molecule has 0 radical (unpaired) electrons. The van der Waals surface area contributed by atoms with Gasteiger partial charge in [0.05, 0.1) is 13.0 Å². The normalized spacial score (nSPS) is 33.6. The number of ether oxygens (including phenoxy) is 1. The predicted octanol–water partition coefficient (Wildman–Crippen LogP) is 2.91. The molecule has 1 aromatic rings. The van der Waals surface area contributed by atoms with Gasteiger partial charge in [-0.2, -0.15) is 0 Å². The van der Waals surface area contributed by atoms with Crippen molar-refractivity contribution in [3.63, 3.8) is 0 Å². The lowest BCUT2D eigenvalue weighted by atomic mass is 9.75. The van der Waals surface area contributed by atoms with Crippen molar-refractivity contribution >= 4 is 5.97 Å². The van der Waals surface area contributed by atoms with Crippen molar-refractivity contribution < 1.29 is 14.6 Å². The van der Waals surface area contributed by atoms with Crippen molar-refractivity contribution in [2.75, 3.05) is 7.11 Å². The molecule has 2 bridgehead atoms. The van der Waals surface area contributed by atoms with Crippen LogP contribution in [0, 0.1) is 17.8 Å². The SMILES string of the molecule is COc1cccc([C@@H]2[C@H]3CC[C@H](C3)[C@H]2C(=O)O)c1. The Bertz CT molecular complexity index is 469. The summed E-state index contributed by atoms with van der Waals surface area (Å²) in [4.78, 5) is 11.5. The first-order valence-corrected chi connectivity index (χ1v) is 6.57. The lowest BCUT2D eigenvalue weighted by Crippen LogP contribution is -2.27. The largest absolute Gasteiger partial charge is 0.497 e. The van der Waals surface area contributed by atoms with Crippen molar-refractivity contribution in [1.29, 1.82) is 0 Å². The summed E-state index contributed by atoms with van der Waals surface area (Å²) in [5.41, 5.74) is 1.13. The number of hydrogen-bond acceptors (Lipinski definition) is 2. The third-order valence-corrected chi connectivity index (χ3v) is 4.68. The van der Waals surface area contributed by atoms with Crippen LogP contribution < -0.4 is 4.74 Å². The van der Waals surface area contributed by atoms with Gasteiger partial charge in [-0.05, 0) is 48.8 Å². The van der Waals surface area contributed by atoms with Gasteiger partial charge in [-0.15, -0.1) is 0 Å². The summed E-state index contributed by atoms with van der Waals surface area (Å²) in [6.07, 6.45) is 3.34. The first kappa shape index (κ1) is 11.6. The maximum absolute atomic E-state index is 11.5. The van der Waals surface area contributed by atoms with E-state index in [-0.39, 0.29) is 11.8 Å². The summed E-state index contributed by atoms with van der Waals surface area (Å²) in [7, 11) is 1.65. The molecule has 2 saturated carbocycles. The Balaban J connectivity index is 1.96. The lowest BCUT2D eigenvalue weighted by molar-refractivity contribution is -0.144. The summed E-state index contributed by atoms with van der Waals surface area (Å²) in [6, 6.07) is 7.91. The summed E-state index contributed by atoms with van der Waals surface area (Å²) in [5, 5.41) is 9.46. The van der Waals surface area contributed by atoms with E-state index in [1.54, 1.807) is 7.11 Å². The highest BCUT2D eigenvalue weighted by atomic mass is 16.5. The molecule has 96 valence electrons. The Morgan fingerprint density at radius 1 is 1.33 bits per heavy atom. The van der Waals surface area contributed by atoms with Crippen LogP contribution in [0.2, 0.25) is 0 Å². The third-order valence-electron chi connectivity index (χ3n) is 4.68. The lowest BCUT2D eigenvalue weighted by Gasteiger charge is -2.28. The highest BCUT2D eigenvalue weighted by molar-refractivity contribution is 5.73. The molecule has 2 aliphatic carbocycles. The maximum atomic E-state index is 11.5. The maximum Gasteiger partial charge on any atom is 0.307 e. The van der Waals surface area contributed by atoms with E-state index in [2.05, 4.69) is 0 Å². The fraction of sp³-hybridized carbons (Fsp3) is 0.533. The van der Waals surface area contributed by atoms with Gasteiger partial charge in [-0.25, -0.2) is 0 Å². The van der Waals surface area contributed by atoms with Gasteiger partial charge < -0.3 is 9.84 Å². The second-order valence-electron chi connectivity index (χ2n) is 5.50. The van der Waals surface area contributed by atoms with Gasteiger partial charge in [0, 0.05) is 5.92 Å². The minimum absolute atomic E-state index is 0.177. The Hall–Kier alpha value is -1.51. The molecule has 0 aromatic heterocycles. The number of carboxylic acids is 1. The monoisotopic (exact) mass is 246 g/mol. The number of hydrogen-bond donors (Lipinski definition) is 1. The van der Waals surface area contributed by atoms with Gasteiger partial charge >= 0.3 is 5.97 Å². The van der Waals surface area contributed by atoms with Crippen LogP contribution in [-0.4, -0.2) is 18.2 Å². The molecule has 0 saturated heterocycles. The highest BCUT2D eigenvalue weighted by Crippen LogP contribution is 2.56. The first-order chi connectivity index (χ1) is 8.70. The average molecular weight is 246 g/mol. The Morgan fingerprint density at radius 3 is 2.83 bits per heavy atom. The summed E-state index contributed by atoms with van der Waals surface area (Å²) in [5.74, 6) is 1.09. The molecule has 4 atom stereocenters. The van der Waals surface area contributed by atoms with E-state index in [1.165, 1.54) is 6.42 Å². The van der Waals surface area contributed by atoms with Gasteiger partial charge in [0.15, 0.2) is 0 Å². The molecule has 3 heteroatoms. The van der Waals surface area contributed by atoms with Crippen molar-refractivity contribution in [1.82, 2.24) is 0 Å². The number of carboxylic acid groups (broad SMARTS) is 1. The molecule has 3 nitrogen and oxygen atoms in total. The fourth-order valence-corrected chi connectivity index (χ4v) is 3.98. The van der Waals surface area contributed by atoms with Crippen molar-refractivity contribution in [3.8, 4) is 5.75 Å². The summed E-state index contributed by atoms with van der Waals surface area (Å²) >= 11 is 0. The molecule has 18 heavy (non-hydrogen) atoms. The molecule has 3 rings (SSSR count). The van der Waals surface area contributed by atoms with E-state index in [0.29, 0.717) is 11.8 Å². The van der Waals surface area contributed by atoms with Crippen LogP contribution in [-0.2, 0) is 4.79 Å². The van der Waals surface area contributed by atoms with Gasteiger partial charge in [0.1, 0.15) is 5.75 Å². The molecule has 2 aliphatic rings. The molecule has 1 aromatic carbocycles. The van der Waals surface area contributed by atoms with Crippen LogP contribution in [0.3, 0.4) is 0 Å². The number of aliphatic carboxylic acids is 1. The molecule has 0 amide bonds. The Morgan fingerprint density at radius 2 is 2.11 bits per heavy atom. The minimum Gasteiger partial charge on any atom is -0.497 e. The van der Waals surface area contributed by atoms with Gasteiger partial charge in [0.25, 0.3) is 0 Å².